The molecule has 1 unspecified atom stereocenters. The maximum absolute atomic E-state index is 12.9. The van der Waals surface area contributed by atoms with Crippen LogP contribution < -0.4 is 5.32 Å². The van der Waals surface area contributed by atoms with E-state index in [2.05, 4.69) is 42.9 Å². The van der Waals surface area contributed by atoms with Crippen LogP contribution in [0.2, 0.25) is 0 Å². The van der Waals surface area contributed by atoms with Gasteiger partial charge < -0.3 is 9.80 Å². The minimum absolute atomic E-state index is 0.205. The molecule has 122 valence electrons. The van der Waals surface area contributed by atoms with Gasteiger partial charge in [-0.1, -0.05) is 26.2 Å². The second-order valence-electron chi connectivity index (χ2n) is 7.16. The van der Waals surface area contributed by atoms with Gasteiger partial charge in [-0.2, -0.15) is 0 Å². The molecule has 1 N–H and O–H groups in total. The summed E-state index contributed by atoms with van der Waals surface area (Å²) in [5, 5.41) is 3.69. The maximum Gasteiger partial charge on any atom is 0.244 e. The third-order valence-electron chi connectivity index (χ3n) is 5.30. The molecule has 1 amide bonds. The van der Waals surface area contributed by atoms with E-state index in [1.54, 1.807) is 0 Å². The molecule has 1 atom stereocenters. The van der Waals surface area contributed by atoms with Crippen molar-refractivity contribution in [1.29, 1.82) is 0 Å². The molecule has 2 rings (SSSR count). The standard InChI is InChI=1S/C17H33N3O/c1-5-9-15-18-17(10-6-7-11-17)16(21)20(15)13-8-12-19(4)14(2)3/h14-15,18H,5-13H2,1-4H3. The molecule has 1 aliphatic carbocycles. The van der Waals surface area contributed by atoms with Crippen LogP contribution in [0.3, 0.4) is 0 Å². The first kappa shape index (κ1) is 16.8. The van der Waals surface area contributed by atoms with E-state index in [0.29, 0.717) is 11.9 Å². The molecule has 0 aromatic carbocycles. The fourth-order valence-electron chi connectivity index (χ4n) is 3.72. The van der Waals surface area contributed by atoms with Crippen molar-refractivity contribution in [2.24, 2.45) is 0 Å². The van der Waals surface area contributed by atoms with E-state index in [-0.39, 0.29) is 11.7 Å². The van der Waals surface area contributed by atoms with Crippen molar-refractivity contribution in [3.8, 4) is 0 Å². The van der Waals surface area contributed by atoms with Crippen LogP contribution in [0.4, 0.5) is 0 Å². The van der Waals surface area contributed by atoms with Gasteiger partial charge in [0.2, 0.25) is 5.91 Å². The first-order valence-electron chi connectivity index (χ1n) is 8.79. The van der Waals surface area contributed by atoms with E-state index in [1.807, 2.05) is 0 Å². The smallest absolute Gasteiger partial charge is 0.244 e. The maximum atomic E-state index is 12.9. The summed E-state index contributed by atoms with van der Waals surface area (Å²) in [5.74, 6) is 0.380. The topological polar surface area (TPSA) is 35.6 Å². The summed E-state index contributed by atoms with van der Waals surface area (Å²) in [6, 6.07) is 0.574. The summed E-state index contributed by atoms with van der Waals surface area (Å²) in [7, 11) is 2.16. The largest absolute Gasteiger partial charge is 0.325 e. The number of carbonyl (C=O) groups excluding carboxylic acids is 1. The lowest BCUT2D eigenvalue weighted by molar-refractivity contribution is -0.133. The Morgan fingerprint density at radius 1 is 1.38 bits per heavy atom. The van der Waals surface area contributed by atoms with E-state index >= 15 is 0 Å². The normalized spacial score (nSPS) is 25.0. The van der Waals surface area contributed by atoms with E-state index in [4.69, 9.17) is 0 Å². The average molecular weight is 295 g/mol. The Balaban J connectivity index is 1.93. The quantitative estimate of drug-likeness (QED) is 0.784. The van der Waals surface area contributed by atoms with Crippen LogP contribution in [0.5, 0.6) is 0 Å². The molecule has 1 saturated carbocycles. The van der Waals surface area contributed by atoms with E-state index < -0.39 is 0 Å². The van der Waals surface area contributed by atoms with Crippen molar-refractivity contribution >= 4 is 5.91 Å². The molecule has 4 heteroatoms. The van der Waals surface area contributed by atoms with Crippen LogP contribution in [0, 0.1) is 0 Å². The number of hydrogen-bond acceptors (Lipinski definition) is 3. The Labute approximate surface area is 130 Å². The molecule has 1 saturated heterocycles. The van der Waals surface area contributed by atoms with Crippen molar-refractivity contribution in [1.82, 2.24) is 15.1 Å². The van der Waals surface area contributed by atoms with Gasteiger partial charge in [0, 0.05) is 12.6 Å². The first-order chi connectivity index (χ1) is 10.00. The van der Waals surface area contributed by atoms with Crippen molar-refractivity contribution < 1.29 is 4.79 Å². The van der Waals surface area contributed by atoms with Crippen molar-refractivity contribution in [2.45, 2.75) is 83.5 Å². The molecule has 2 fully saturated rings. The molecule has 0 bridgehead atoms. The third-order valence-corrected chi connectivity index (χ3v) is 5.30. The van der Waals surface area contributed by atoms with Gasteiger partial charge in [0.15, 0.2) is 0 Å². The fraction of sp³-hybridized carbons (Fsp3) is 0.941. The summed E-state index contributed by atoms with van der Waals surface area (Å²) in [6.07, 6.45) is 8.01. The summed E-state index contributed by atoms with van der Waals surface area (Å²) < 4.78 is 0. The number of nitrogens with one attached hydrogen (secondary N) is 1. The molecular formula is C17H33N3O. The summed E-state index contributed by atoms with van der Waals surface area (Å²) >= 11 is 0. The highest BCUT2D eigenvalue weighted by atomic mass is 16.2. The zero-order valence-electron chi connectivity index (χ0n) is 14.3. The molecule has 0 radical (unpaired) electrons. The molecule has 1 aliphatic heterocycles. The molecule has 4 nitrogen and oxygen atoms in total. The zero-order chi connectivity index (χ0) is 15.5. The lowest BCUT2D eigenvalue weighted by Gasteiger charge is -2.26. The number of carbonyl (C=O) groups is 1. The Bertz CT molecular complexity index is 350. The number of rotatable bonds is 7. The molecule has 1 heterocycles. The third kappa shape index (κ3) is 3.59. The molecule has 2 aliphatic rings. The first-order valence-corrected chi connectivity index (χ1v) is 8.79. The Morgan fingerprint density at radius 3 is 2.62 bits per heavy atom. The molecule has 0 aromatic heterocycles. The predicted octanol–water partition coefficient (Wildman–Crippen LogP) is 2.59. The predicted molar refractivity (Wildman–Crippen MR) is 87.1 cm³/mol. The summed E-state index contributed by atoms with van der Waals surface area (Å²) in [6.45, 7) is 8.60. The Morgan fingerprint density at radius 2 is 2.05 bits per heavy atom. The van der Waals surface area contributed by atoms with E-state index in [9.17, 15) is 4.79 Å². The monoisotopic (exact) mass is 295 g/mol. The average Bonchev–Trinajstić information content (AvgIpc) is 3.00. The van der Waals surface area contributed by atoms with Gasteiger partial charge in [-0.3, -0.25) is 10.1 Å². The second-order valence-corrected chi connectivity index (χ2v) is 7.16. The van der Waals surface area contributed by atoms with Crippen molar-refractivity contribution in [3.63, 3.8) is 0 Å². The Kier molecular flexibility index (Phi) is 5.67. The number of amides is 1. The van der Waals surface area contributed by atoms with Gasteiger partial charge in [-0.25, -0.2) is 0 Å². The highest BCUT2D eigenvalue weighted by molar-refractivity contribution is 5.89. The van der Waals surface area contributed by atoms with Gasteiger partial charge in [0.05, 0.1) is 11.7 Å². The van der Waals surface area contributed by atoms with Gasteiger partial charge in [-0.15, -0.1) is 0 Å². The van der Waals surface area contributed by atoms with Gasteiger partial charge >= 0.3 is 0 Å². The zero-order valence-corrected chi connectivity index (χ0v) is 14.3. The lowest BCUT2D eigenvalue weighted by Crippen LogP contribution is -2.44. The van der Waals surface area contributed by atoms with Crippen LogP contribution in [-0.2, 0) is 4.79 Å². The molecule has 21 heavy (non-hydrogen) atoms. The van der Waals surface area contributed by atoms with Gasteiger partial charge in [0.25, 0.3) is 0 Å². The van der Waals surface area contributed by atoms with Crippen LogP contribution in [0.15, 0.2) is 0 Å². The van der Waals surface area contributed by atoms with Crippen LogP contribution in [0.25, 0.3) is 0 Å². The van der Waals surface area contributed by atoms with E-state index in [0.717, 1.165) is 45.2 Å². The number of nitrogens with zero attached hydrogens (tertiary/aromatic N) is 2. The fourth-order valence-corrected chi connectivity index (χ4v) is 3.72. The molecule has 0 aromatic rings. The highest BCUT2D eigenvalue weighted by Crippen LogP contribution is 2.37. The SMILES string of the molecule is CCCC1NC2(CCCC2)C(=O)N1CCCN(C)C(C)C. The minimum Gasteiger partial charge on any atom is -0.325 e. The highest BCUT2D eigenvalue weighted by Gasteiger charge is 2.51. The van der Waals surface area contributed by atoms with Gasteiger partial charge in [-0.05, 0) is 53.1 Å². The molecular weight excluding hydrogens is 262 g/mol. The van der Waals surface area contributed by atoms with E-state index in [1.165, 1.54) is 12.8 Å². The van der Waals surface area contributed by atoms with Crippen molar-refractivity contribution in [2.75, 3.05) is 20.1 Å². The second kappa shape index (κ2) is 7.10. The summed E-state index contributed by atoms with van der Waals surface area (Å²) in [5.41, 5.74) is -0.205. The van der Waals surface area contributed by atoms with Gasteiger partial charge in [0.1, 0.15) is 0 Å². The number of hydrogen-bond donors (Lipinski definition) is 1. The van der Waals surface area contributed by atoms with Crippen molar-refractivity contribution in [3.05, 3.63) is 0 Å². The molecule has 1 spiro atoms. The van der Waals surface area contributed by atoms with Crippen LogP contribution in [-0.4, -0.2) is 53.6 Å². The summed E-state index contributed by atoms with van der Waals surface area (Å²) in [4.78, 5) is 17.4. The minimum atomic E-state index is -0.205. The Hall–Kier alpha value is -0.610. The van der Waals surface area contributed by atoms with Crippen LogP contribution in [0.1, 0.15) is 65.7 Å². The van der Waals surface area contributed by atoms with Crippen LogP contribution >= 0.6 is 0 Å². The lowest BCUT2D eigenvalue weighted by atomic mass is 9.98.